The normalized spacial score (nSPS) is 19.0. The molecule has 2 heterocycles. The minimum atomic E-state index is -3.83. The number of benzene rings is 2. The van der Waals surface area contributed by atoms with Crippen LogP contribution in [-0.4, -0.2) is 44.2 Å². The Morgan fingerprint density at radius 3 is 2.66 bits per heavy atom. The van der Waals surface area contributed by atoms with Gasteiger partial charge in [0, 0.05) is 24.8 Å². The largest absolute Gasteiger partial charge is 0.482 e. The number of carbonyl (C=O) groups excluding carboxylic acids is 2. The summed E-state index contributed by atoms with van der Waals surface area (Å²) in [5.41, 5.74) is 3.90. The van der Waals surface area contributed by atoms with E-state index in [9.17, 15) is 18.0 Å². The van der Waals surface area contributed by atoms with E-state index >= 15 is 0 Å². The van der Waals surface area contributed by atoms with Gasteiger partial charge in [0.25, 0.3) is 5.91 Å². The van der Waals surface area contributed by atoms with E-state index in [4.69, 9.17) is 4.74 Å². The zero-order chi connectivity index (χ0) is 23.0. The van der Waals surface area contributed by atoms with Crippen molar-refractivity contribution in [2.45, 2.75) is 38.5 Å². The molecular formula is C23H27N3O5S. The lowest BCUT2D eigenvalue weighted by Crippen LogP contribution is -2.43. The van der Waals surface area contributed by atoms with Crippen LogP contribution in [0.15, 0.2) is 35.2 Å². The van der Waals surface area contributed by atoms with E-state index in [1.807, 2.05) is 32.0 Å². The van der Waals surface area contributed by atoms with Crippen LogP contribution in [0.5, 0.6) is 5.75 Å². The van der Waals surface area contributed by atoms with Crippen LogP contribution in [-0.2, 0) is 19.6 Å². The number of fused-ring (bicyclic) bond motifs is 1. The topological polar surface area (TPSA) is 105 Å². The smallest absolute Gasteiger partial charge is 0.262 e. The molecule has 0 aromatic heterocycles. The number of amides is 2. The van der Waals surface area contributed by atoms with Gasteiger partial charge in [-0.15, -0.1) is 0 Å². The molecule has 4 rings (SSSR count). The van der Waals surface area contributed by atoms with E-state index in [0.717, 1.165) is 11.1 Å². The van der Waals surface area contributed by atoms with Crippen LogP contribution in [0, 0.1) is 26.7 Å². The molecule has 170 valence electrons. The van der Waals surface area contributed by atoms with Gasteiger partial charge in [0.2, 0.25) is 15.9 Å². The molecule has 1 saturated heterocycles. The molecule has 0 spiro atoms. The third-order valence-electron chi connectivity index (χ3n) is 6.06. The van der Waals surface area contributed by atoms with Crippen molar-refractivity contribution in [3.8, 4) is 5.75 Å². The zero-order valence-electron chi connectivity index (χ0n) is 18.4. The Balaban J connectivity index is 1.53. The van der Waals surface area contributed by atoms with Crippen LogP contribution >= 0.6 is 0 Å². The van der Waals surface area contributed by atoms with Crippen molar-refractivity contribution in [1.82, 2.24) is 4.31 Å². The number of rotatable bonds is 4. The van der Waals surface area contributed by atoms with Crippen molar-refractivity contribution in [2.24, 2.45) is 5.92 Å². The second-order valence-corrected chi connectivity index (χ2v) is 10.3. The maximum Gasteiger partial charge on any atom is 0.262 e. The van der Waals surface area contributed by atoms with Crippen LogP contribution in [0.2, 0.25) is 0 Å². The van der Waals surface area contributed by atoms with Gasteiger partial charge in [-0.3, -0.25) is 9.59 Å². The average molecular weight is 458 g/mol. The van der Waals surface area contributed by atoms with Crippen molar-refractivity contribution in [3.05, 3.63) is 47.0 Å². The van der Waals surface area contributed by atoms with Crippen LogP contribution in [0.4, 0.5) is 11.4 Å². The SMILES string of the molecule is Cc1ccc(NC(=O)[C@H]2CCCN(S(=O)(=O)c3cc4c(cc3C)NC(=O)CO4)C2)cc1C. The minimum absolute atomic E-state index is 0.118. The van der Waals surface area contributed by atoms with Crippen molar-refractivity contribution in [1.29, 1.82) is 0 Å². The van der Waals surface area contributed by atoms with E-state index in [1.165, 1.54) is 10.4 Å². The molecule has 9 heteroatoms. The van der Waals surface area contributed by atoms with Gasteiger partial charge in [-0.25, -0.2) is 8.42 Å². The first-order valence-electron chi connectivity index (χ1n) is 10.6. The number of ether oxygens (including phenoxy) is 1. The molecule has 1 atom stereocenters. The number of piperidine rings is 1. The number of hydrogen-bond donors (Lipinski definition) is 2. The Morgan fingerprint density at radius 2 is 1.91 bits per heavy atom. The molecule has 2 aromatic rings. The predicted octanol–water partition coefficient (Wildman–Crippen LogP) is 2.98. The highest BCUT2D eigenvalue weighted by Crippen LogP contribution is 2.35. The number of sulfonamides is 1. The molecule has 2 aromatic carbocycles. The molecule has 0 saturated carbocycles. The Bertz CT molecular complexity index is 1190. The predicted molar refractivity (Wildman–Crippen MR) is 121 cm³/mol. The summed E-state index contributed by atoms with van der Waals surface area (Å²) in [7, 11) is -3.83. The Morgan fingerprint density at radius 1 is 1.12 bits per heavy atom. The molecule has 0 aliphatic carbocycles. The lowest BCUT2D eigenvalue weighted by atomic mass is 9.98. The minimum Gasteiger partial charge on any atom is -0.482 e. The van der Waals surface area contributed by atoms with Crippen LogP contribution in [0.1, 0.15) is 29.5 Å². The standard InChI is InChI=1S/C23H27N3O5S/c1-14-6-7-18(9-15(14)2)24-23(28)17-5-4-8-26(12-17)32(29,30)21-11-20-19(10-16(21)3)25-22(27)13-31-20/h6-7,9-11,17H,4-5,8,12-13H2,1-3H3,(H,24,28)(H,25,27)/t17-/m0/s1. The van der Waals surface area contributed by atoms with Gasteiger partial charge in [-0.05, 0) is 68.5 Å². The second kappa shape index (κ2) is 8.55. The molecule has 2 aliphatic heterocycles. The summed E-state index contributed by atoms with van der Waals surface area (Å²) in [6.07, 6.45) is 1.22. The number of carbonyl (C=O) groups is 2. The highest BCUT2D eigenvalue weighted by molar-refractivity contribution is 7.89. The van der Waals surface area contributed by atoms with E-state index in [-0.39, 0.29) is 29.9 Å². The molecule has 2 aliphatic rings. The Labute approximate surface area is 188 Å². The Hall–Kier alpha value is -2.91. The molecule has 1 fully saturated rings. The summed E-state index contributed by atoms with van der Waals surface area (Å²) in [5, 5.41) is 5.61. The molecule has 2 amide bonds. The van der Waals surface area contributed by atoms with Crippen molar-refractivity contribution >= 4 is 33.2 Å². The number of hydrogen-bond acceptors (Lipinski definition) is 5. The molecule has 0 radical (unpaired) electrons. The summed E-state index contributed by atoms with van der Waals surface area (Å²) in [5.74, 6) is -0.564. The van der Waals surface area contributed by atoms with Gasteiger partial charge in [-0.1, -0.05) is 6.07 Å². The molecule has 32 heavy (non-hydrogen) atoms. The first-order chi connectivity index (χ1) is 15.1. The van der Waals surface area contributed by atoms with Crippen molar-refractivity contribution < 1.29 is 22.7 Å². The summed E-state index contributed by atoms with van der Waals surface area (Å²) < 4.78 is 33.6. The monoisotopic (exact) mass is 457 g/mol. The molecule has 8 nitrogen and oxygen atoms in total. The third-order valence-corrected chi connectivity index (χ3v) is 8.06. The number of anilines is 2. The van der Waals surface area contributed by atoms with E-state index in [0.29, 0.717) is 42.1 Å². The molecule has 0 bridgehead atoms. The quantitative estimate of drug-likeness (QED) is 0.734. The van der Waals surface area contributed by atoms with Gasteiger partial charge in [0.15, 0.2) is 6.61 Å². The van der Waals surface area contributed by atoms with Crippen LogP contribution in [0.3, 0.4) is 0 Å². The second-order valence-electron chi connectivity index (χ2n) is 8.44. The first kappa shape index (κ1) is 22.3. The van der Waals surface area contributed by atoms with E-state index < -0.39 is 15.9 Å². The van der Waals surface area contributed by atoms with Crippen LogP contribution in [0.25, 0.3) is 0 Å². The summed E-state index contributed by atoms with van der Waals surface area (Å²) in [6, 6.07) is 8.78. The fourth-order valence-electron chi connectivity index (χ4n) is 4.07. The van der Waals surface area contributed by atoms with Gasteiger partial charge in [0.1, 0.15) is 5.75 Å². The third kappa shape index (κ3) is 4.35. The number of nitrogens with one attached hydrogen (secondary N) is 2. The summed E-state index contributed by atoms with van der Waals surface area (Å²) >= 11 is 0. The average Bonchev–Trinajstić information content (AvgIpc) is 2.75. The van der Waals surface area contributed by atoms with E-state index in [2.05, 4.69) is 10.6 Å². The maximum atomic E-state index is 13.4. The van der Waals surface area contributed by atoms with Crippen LogP contribution < -0.4 is 15.4 Å². The lowest BCUT2D eigenvalue weighted by Gasteiger charge is -2.32. The Kier molecular flexibility index (Phi) is 5.96. The first-order valence-corrected chi connectivity index (χ1v) is 12.0. The molecule has 0 unspecified atom stereocenters. The summed E-state index contributed by atoms with van der Waals surface area (Å²) in [6.45, 7) is 5.99. The number of aryl methyl sites for hydroxylation is 3. The summed E-state index contributed by atoms with van der Waals surface area (Å²) in [4.78, 5) is 24.5. The number of nitrogens with zero attached hydrogens (tertiary/aromatic N) is 1. The van der Waals surface area contributed by atoms with E-state index in [1.54, 1.807) is 13.0 Å². The fourth-order valence-corrected chi connectivity index (χ4v) is 5.82. The van der Waals surface area contributed by atoms with Crippen molar-refractivity contribution in [3.63, 3.8) is 0 Å². The highest BCUT2D eigenvalue weighted by Gasteiger charge is 2.35. The van der Waals surface area contributed by atoms with Crippen molar-refractivity contribution in [2.75, 3.05) is 30.3 Å². The lowest BCUT2D eigenvalue weighted by molar-refractivity contribution is -0.121. The van der Waals surface area contributed by atoms with Gasteiger partial charge in [0.05, 0.1) is 16.5 Å². The van der Waals surface area contributed by atoms with Gasteiger partial charge in [-0.2, -0.15) is 4.31 Å². The molecular weight excluding hydrogens is 430 g/mol. The fraction of sp³-hybridized carbons (Fsp3) is 0.391. The highest BCUT2D eigenvalue weighted by atomic mass is 32.2. The van der Waals surface area contributed by atoms with Gasteiger partial charge < -0.3 is 15.4 Å². The molecule has 2 N–H and O–H groups in total. The maximum absolute atomic E-state index is 13.4. The zero-order valence-corrected chi connectivity index (χ0v) is 19.2. The van der Waals surface area contributed by atoms with Gasteiger partial charge >= 0.3 is 0 Å².